The molecule has 1 aliphatic rings. The van der Waals surface area contributed by atoms with E-state index in [0.29, 0.717) is 0 Å². The Morgan fingerprint density at radius 1 is 1.00 bits per heavy atom. The van der Waals surface area contributed by atoms with Crippen molar-refractivity contribution < 1.29 is 19.4 Å². The van der Waals surface area contributed by atoms with Crippen LogP contribution in [0.2, 0.25) is 0 Å². The minimum Gasteiger partial charge on any atom is -0.530 e. The Labute approximate surface area is 127 Å². The number of carboxylic acid groups (broad SMARTS) is 1. The minimum absolute atomic E-state index is 0.328. The summed E-state index contributed by atoms with van der Waals surface area (Å²) in [7, 11) is 0. The lowest BCUT2D eigenvalue weighted by molar-refractivity contribution is -0.273. The maximum atomic E-state index is 11.8. The molecule has 1 amide bonds. The van der Waals surface area contributed by atoms with E-state index in [1.165, 1.54) is 0 Å². The Hall–Kier alpha value is -2.82. The van der Waals surface area contributed by atoms with E-state index in [1.807, 2.05) is 60.7 Å². The number of ether oxygens (including phenoxy) is 1. The van der Waals surface area contributed by atoms with Crippen molar-refractivity contribution in [2.24, 2.45) is 0 Å². The largest absolute Gasteiger partial charge is 0.530 e. The number of hydrogen-bond donors (Lipinski definition) is 0. The van der Waals surface area contributed by atoms with Crippen molar-refractivity contribution in [3.05, 3.63) is 71.8 Å². The average molecular weight is 296 g/mol. The zero-order valence-electron chi connectivity index (χ0n) is 11.7. The molecule has 2 atom stereocenters. The quantitative estimate of drug-likeness (QED) is 0.790. The lowest BCUT2D eigenvalue weighted by Gasteiger charge is -2.42. The van der Waals surface area contributed by atoms with E-state index in [1.54, 1.807) is 0 Å². The minimum atomic E-state index is -1.38. The number of amides is 1. The van der Waals surface area contributed by atoms with Crippen molar-refractivity contribution >= 4 is 12.1 Å². The molecule has 0 N–H and O–H groups in total. The maximum Gasteiger partial charge on any atom is 0.326 e. The SMILES string of the molecule is O=C1CN(C(=O)[O-])[C@@H](c2ccccc2)[C@@H](c2ccccc2)O1. The van der Waals surface area contributed by atoms with E-state index >= 15 is 0 Å². The van der Waals surface area contributed by atoms with Crippen LogP contribution in [0, 0.1) is 0 Å². The molecule has 3 rings (SSSR count). The fourth-order valence-corrected chi connectivity index (χ4v) is 2.72. The van der Waals surface area contributed by atoms with Crippen molar-refractivity contribution in [3.63, 3.8) is 0 Å². The molecule has 5 heteroatoms. The van der Waals surface area contributed by atoms with Gasteiger partial charge in [-0.2, -0.15) is 0 Å². The summed E-state index contributed by atoms with van der Waals surface area (Å²) in [6, 6.07) is 17.6. The van der Waals surface area contributed by atoms with E-state index in [-0.39, 0.29) is 6.54 Å². The molecule has 0 aliphatic carbocycles. The lowest BCUT2D eigenvalue weighted by atomic mass is 9.93. The van der Waals surface area contributed by atoms with Gasteiger partial charge < -0.3 is 19.5 Å². The highest BCUT2D eigenvalue weighted by Gasteiger charge is 2.38. The summed E-state index contributed by atoms with van der Waals surface area (Å²) in [4.78, 5) is 24.3. The molecule has 0 aromatic heterocycles. The van der Waals surface area contributed by atoms with E-state index in [9.17, 15) is 14.7 Å². The average Bonchev–Trinajstić information content (AvgIpc) is 2.55. The Kier molecular flexibility index (Phi) is 3.78. The summed E-state index contributed by atoms with van der Waals surface area (Å²) in [6.07, 6.45) is -2.07. The van der Waals surface area contributed by atoms with Gasteiger partial charge in [0.2, 0.25) is 0 Å². The number of rotatable bonds is 2. The fourth-order valence-electron chi connectivity index (χ4n) is 2.72. The van der Waals surface area contributed by atoms with Gasteiger partial charge in [0.15, 0.2) is 6.10 Å². The van der Waals surface area contributed by atoms with Crippen LogP contribution >= 0.6 is 0 Å². The predicted octanol–water partition coefficient (Wildman–Crippen LogP) is 1.67. The number of morpholine rings is 1. The van der Waals surface area contributed by atoms with Gasteiger partial charge in [-0.25, -0.2) is 0 Å². The molecule has 2 aromatic carbocycles. The number of esters is 1. The summed E-state index contributed by atoms with van der Waals surface area (Å²) >= 11 is 0. The third-order valence-corrected chi connectivity index (χ3v) is 3.68. The molecule has 22 heavy (non-hydrogen) atoms. The molecular formula is C17H14NO4-. The summed E-state index contributed by atoms with van der Waals surface area (Å²) in [6.45, 7) is -0.328. The molecule has 1 saturated heterocycles. The summed E-state index contributed by atoms with van der Waals surface area (Å²) in [5, 5.41) is 11.5. The Bertz CT molecular complexity index is 670. The summed E-state index contributed by atoms with van der Waals surface area (Å²) < 4.78 is 5.45. The van der Waals surface area contributed by atoms with E-state index < -0.39 is 24.2 Å². The Balaban J connectivity index is 2.07. The van der Waals surface area contributed by atoms with E-state index in [4.69, 9.17) is 4.74 Å². The maximum absolute atomic E-state index is 11.8. The first-order valence-electron chi connectivity index (χ1n) is 6.94. The van der Waals surface area contributed by atoms with Gasteiger partial charge >= 0.3 is 5.97 Å². The van der Waals surface area contributed by atoms with Gasteiger partial charge in [-0.1, -0.05) is 60.7 Å². The molecule has 1 fully saturated rings. The van der Waals surface area contributed by atoms with Crippen LogP contribution in [0.1, 0.15) is 23.3 Å². The first-order valence-corrected chi connectivity index (χ1v) is 6.94. The van der Waals surface area contributed by atoms with Crippen LogP contribution in [-0.4, -0.2) is 23.5 Å². The zero-order valence-corrected chi connectivity index (χ0v) is 11.7. The second-order valence-electron chi connectivity index (χ2n) is 5.07. The number of carbonyl (C=O) groups is 2. The topological polar surface area (TPSA) is 69.7 Å². The molecular weight excluding hydrogens is 282 g/mol. The van der Waals surface area contributed by atoms with Gasteiger partial charge in [-0.3, -0.25) is 4.79 Å². The highest BCUT2D eigenvalue weighted by Crippen LogP contribution is 2.39. The first kappa shape index (κ1) is 14.1. The number of carbonyl (C=O) groups excluding carboxylic acids is 2. The van der Waals surface area contributed by atoms with Crippen LogP contribution in [0.5, 0.6) is 0 Å². The van der Waals surface area contributed by atoms with Gasteiger partial charge in [0.1, 0.15) is 12.6 Å². The van der Waals surface area contributed by atoms with Gasteiger partial charge in [0.25, 0.3) is 0 Å². The van der Waals surface area contributed by atoms with E-state index in [0.717, 1.165) is 16.0 Å². The van der Waals surface area contributed by atoms with Crippen molar-refractivity contribution in [3.8, 4) is 0 Å². The second-order valence-corrected chi connectivity index (χ2v) is 5.07. The second kappa shape index (κ2) is 5.89. The molecule has 0 bridgehead atoms. The monoisotopic (exact) mass is 296 g/mol. The molecule has 0 saturated carbocycles. The third-order valence-electron chi connectivity index (χ3n) is 3.68. The van der Waals surface area contributed by atoms with Crippen molar-refractivity contribution in [2.75, 3.05) is 6.54 Å². The van der Waals surface area contributed by atoms with Crippen LogP contribution in [-0.2, 0) is 9.53 Å². The molecule has 0 radical (unpaired) electrons. The first-order chi connectivity index (χ1) is 10.7. The van der Waals surface area contributed by atoms with Crippen molar-refractivity contribution in [1.82, 2.24) is 4.90 Å². The molecule has 0 unspecified atom stereocenters. The Morgan fingerprint density at radius 3 is 2.09 bits per heavy atom. The zero-order chi connectivity index (χ0) is 15.5. The van der Waals surface area contributed by atoms with E-state index in [2.05, 4.69) is 0 Å². The van der Waals surface area contributed by atoms with Gasteiger partial charge in [0.05, 0.1) is 6.04 Å². The summed E-state index contributed by atoms with van der Waals surface area (Å²) in [5.41, 5.74) is 1.50. The van der Waals surface area contributed by atoms with Crippen molar-refractivity contribution in [1.29, 1.82) is 0 Å². The van der Waals surface area contributed by atoms with Gasteiger partial charge in [-0.15, -0.1) is 0 Å². The van der Waals surface area contributed by atoms with Gasteiger partial charge in [0, 0.05) is 0 Å². The number of nitrogens with zero attached hydrogens (tertiary/aromatic N) is 1. The highest BCUT2D eigenvalue weighted by atomic mass is 16.6. The van der Waals surface area contributed by atoms with Gasteiger partial charge in [-0.05, 0) is 11.1 Å². The van der Waals surface area contributed by atoms with Crippen LogP contribution in [0.15, 0.2) is 60.7 Å². The smallest absolute Gasteiger partial charge is 0.326 e. The Morgan fingerprint density at radius 2 is 1.55 bits per heavy atom. The van der Waals surface area contributed by atoms with Crippen LogP contribution in [0.3, 0.4) is 0 Å². The number of hydrogen-bond acceptors (Lipinski definition) is 4. The fraction of sp³-hybridized carbons (Fsp3) is 0.176. The normalized spacial score (nSPS) is 21.3. The molecule has 5 nitrogen and oxygen atoms in total. The molecule has 1 heterocycles. The van der Waals surface area contributed by atoms with Crippen LogP contribution < -0.4 is 5.11 Å². The summed E-state index contributed by atoms with van der Waals surface area (Å²) in [5.74, 6) is -0.578. The third kappa shape index (κ3) is 2.65. The molecule has 1 aliphatic heterocycles. The number of cyclic esters (lactones) is 1. The standard InChI is InChI=1S/C17H15NO4/c19-14-11-18(17(20)21)15(12-7-3-1-4-8-12)16(22-14)13-9-5-2-6-10-13/h1-10,15-16H,11H2,(H,20,21)/p-1/t15-,16+/m0/s1. The highest BCUT2D eigenvalue weighted by molar-refractivity contribution is 5.78. The molecule has 0 spiro atoms. The van der Waals surface area contributed by atoms with Crippen molar-refractivity contribution in [2.45, 2.75) is 12.1 Å². The number of benzene rings is 2. The predicted molar refractivity (Wildman–Crippen MR) is 76.6 cm³/mol. The van der Waals surface area contributed by atoms with Crippen LogP contribution in [0.25, 0.3) is 0 Å². The lowest BCUT2D eigenvalue weighted by Crippen LogP contribution is -2.51. The molecule has 2 aromatic rings. The molecule has 112 valence electrons. The van der Waals surface area contributed by atoms with Crippen LogP contribution in [0.4, 0.5) is 4.79 Å².